The van der Waals surface area contributed by atoms with E-state index in [0.717, 1.165) is 6.54 Å². The molecule has 0 saturated carbocycles. The molecule has 0 bridgehead atoms. The van der Waals surface area contributed by atoms with Gasteiger partial charge in [0.05, 0.1) is 18.2 Å². The lowest BCUT2D eigenvalue weighted by Crippen LogP contribution is -2.31. The van der Waals surface area contributed by atoms with Crippen molar-refractivity contribution in [1.82, 2.24) is 4.90 Å². The van der Waals surface area contributed by atoms with Crippen LogP contribution in [-0.2, 0) is 9.53 Å². The predicted molar refractivity (Wildman–Crippen MR) is 66.7 cm³/mol. The molecule has 1 heterocycles. The molecule has 1 N–H and O–H groups in total. The summed E-state index contributed by atoms with van der Waals surface area (Å²) in [6.07, 6.45) is 0. The van der Waals surface area contributed by atoms with Gasteiger partial charge in [-0.15, -0.1) is 0 Å². The first-order chi connectivity index (χ1) is 7.70. The van der Waals surface area contributed by atoms with Crippen LogP contribution in [0.2, 0.25) is 0 Å². The molecule has 1 aliphatic rings. The largest absolute Gasteiger partial charge is 0.481 e. The van der Waals surface area contributed by atoms with Gasteiger partial charge < -0.3 is 9.84 Å². The second kappa shape index (κ2) is 5.36. The van der Waals surface area contributed by atoms with Crippen molar-refractivity contribution >= 4 is 5.97 Å². The number of ether oxygens (including phenoxy) is 1. The first-order valence-corrected chi connectivity index (χ1v) is 6.30. The highest BCUT2D eigenvalue weighted by Crippen LogP contribution is 2.30. The molecule has 0 unspecified atom stereocenters. The second-order valence-corrected chi connectivity index (χ2v) is 6.27. The number of carboxylic acid groups (broad SMARTS) is 1. The van der Waals surface area contributed by atoms with Crippen molar-refractivity contribution in [3.05, 3.63) is 0 Å². The minimum Gasteiger partial charge on any atom is -0.481 e. The summed E-state index contributed by atoms with van der Waals surface area (Å²) in [7, 11) is 0. The van der Waals surface area contributed by atoms with E-state index in [1.807, 2.05) is 20.8 Å². The van der Waals surface area contributed by atoms with Crippen molar-refractivity contribution < 1.29 is 14.6 Å². The number of aliphatic carboxylic acids is 1. The van der Waals surface area contributed by atoms with Gasteiger partial charge in [0.15, 0.2) is 0 Å². The van der Waals surface area contributed by atoms with E-state index < -0.39 is 5.97 Å². The number of likely N-dealkylation sites (tertiary alicyclic amines) is 1. The van der Waals surface area contributed by atoms with Gasteiger partial charge in [-0.05, 0) is 32.6 Å². The summed E-state index contributed by atoms with van der Waals surface area (Å²) in [6.45, 7) is 12.2. The number of rotatable bonds is 4. The molecule has 4 heteroatoms. The van der Waals surface area contributed by atoms with E-state index in [1.54, 1.807) is 0 Å². The molecule has 0 amide bonds. The average Bonchev–Trinajstić information content (AvgIpc) is 2.57. The fraction of sp³-hybridized carbons (Fsp3) is 0.923. The van der Waals surface area contributed by atoms with Crippen LogP contribution in [-0.4, -0.2) is 41.4 Å². The molecule has 100 valence electrons. The topological polar surface area (TPSA) is 49.8 Å². The molecule has 0 radical (unpaired) electrons. The van der Waals surface area contributed by atoms with Crippen LogP contribution in [0.1, 0.15) is 34.6 Å². The van der Waals surface area contributed by atoms with E-state index in [0.29, 0.717) is 19.2 Å². The smallest absolute Gasteiger partial charge is 0.308 e. The normalized spacial score (nSPS) is 26.7. The predicted octanol–water partition coefficient (Wildman–Crippen LogP) is 2.05. The number of hydrogen-bond donors (Lipinski definition) is 1. The maximum absolute atomic E-state index is 11.2. The Bertz CT molecular complexity index is 270. The molecule has 2 atom stereocenters. The summed E-state index contributed by atoms with van der Waals surface area (Å²) in [5, 5.41) is 9.21. The highest BCUT2D eigenvalue weighted by molar-refractivity contribution is 5.71. The van der Waals surface area contributed by atoms with Gasteiger partial charge in [0.2, 0.25) is 0 Å². The second-order valence-electron chi connectivity index (χ2n) is 6.27. The van der Waals surface area contributed by atoms with Gasteiger partial charge in [0.1, 0.15) is 0 Å². The Kier molecular flexibility index (Phi) is 4.55. The first-order valence-electron chi connectivity index (χ1n) is 6.30. The molecule has 0 aromatic heterocycles. The summed E-state index contributed by atoms with van der Waals surface area (Å²) in [5.74, 6) is -0.299. The molecule has 0 aromatic rings. The summed E-state index contributed by atoms with van der Waals surface area (Å²) >= 11 is 0. The Hall–Kier alpha value is -0.610. The Morgan fingerprint density at radius 1 is 1.41 bits per heavy atom. The van der Waals surface area contributed by atoms with Gasteiger partial charge >= 0.3 is 5.97 Å². The molecule has 0 aliphatic carbocycles. The number of nitrogens with zero attached hydrogens (tertiary/aromatic N) is 1. The lowest BCUT2D eigenvalue weighted by atomic mass is 9.86. The average molecular weight is 243 g/mol. The van der Waals surface area contributed by atoms with E-state index in [1.165, 1.54) is 0 Å². The van der Waals surface area contributed by atoms with Crippen molar-refractivity contribution in [3.8, 4) is 0 Å². The zero-order valence-electron chi connectivity index (χ0n) is 11.6. The minimum atomic E-state index is -0.679. The third-order valence-corrected chi connectivity index (χ3v) is 3.29. The fourth-order valence-corrected chi connectivity index (χ4v) is 2.24. The quantitative estimate of drug-likeness (QED) is 0.821. The number of hydrogen-bond acceptors (Lipinski definition) is 3. The zero-order valence-corrected chi connectivity index (χ0v) is 11.6. The van der Waals surface area contributed by atoms with Crippen LogP contribution in [0.15, 0.2) is 0 Å². The van der Waals surface area contributed by atoms with Crippen LogP contribution in [0.5, 0.6) is 0 Å². The van der Waals surface area contributed by atoms with Gasteiger partial charge in [0.25, 0.3) is 0 Å². The highest BCUT2D eigenvalue weighted by Gasteiger charge is 2.39. The van der Waals surface area contributed by atoms with Crippen molar-refractivity contribution in [3.63, 3.8) is 0 Å². The van der Waals surface area contributed by atoms with Gasteiger partial charge in [-0.1, -0.05) is 13.8 Å². The highest BCUT2D eigenvalue weighted by atomic mass is 16.5. The lowest BCUT2D eigenvalue weighted by molar-refractivity contribution is -0.143. The van der Waals surface area contributed by atoms with Crippen molar-refractivity contribution in [2.45, 2.75) is 40.2 Å². The standard InChI is InChI=1S/C13H25NO3/c1-9(2)10-6-14(7-11(10)12(15)16)8-17-13(3,4)5/h9-11H,6-8H2,1-5H3,(H,15,16)/t10-,11+/m1/s1. The number of carbonyl (C=O) groups is 1. The lowest BCUT2D eigenvalue weighted by Gasteiger charge is -2.24. The Labute approximate surface area is 104 Å². The summed E-state index contributed by atoms with van der Waals surface area (Å²) in [6, 6.07) is 0. The van der Waals surface area contributed by atoms with Gasteiger partial charge in [-0.25, -0.2) is 0 Å². The molecule has 1 fully saturated rings. The summed E-state index contributed by atoms with van der Waals surface area (Å²) in [4.78, 5) is 13.3. The van der Waals surface area contributed by atoms with Crippen molar-refractivity contribution in [1.29, 1.82) is 0 Å². The van der Waals surface area contributed by atoms with E-state index >= 15 is 0 Å². The fourth-order valence-electron chi connectivity index (χ4n) is 2.24. The van der Waals surface area contributed by atoms with Gasteiger partial charge in [-0.2, -0.15) is 0 Å². The van der Waals surface area contributed by atoms with Crippen LogP contribution >= 0.6 is 0 Å². The molecular weight excluding hydrogens is 218 g/mol. The van der Waals surface area contributed by atoms with E-state index in [-0.39, 0.29) is 17.4 Å². The maximum Gasteiger partial charge on any atom is 0.308 e. The van der Waals surface area contributed by atoms with Crippen LogP contribution in [0.25, 0.3) is 0 Å². The van der Waals surface area contributed by atoms with Gasteiger partial charge in [-0.3, -0.25) is 9.69 Å². The van der Waals surface area contributed by atoms with Crippen LogP contribution in [0.4, 0.5) is 0 Å². The molecular formula is C13H25NO3. The summed E-state index contributed by atoms with van der Waals surface area (Å²) < 4.78 is 5.70. The Morgan fingerprint density at radius 3 is 2.35 bits per heavy atom. The third kappa shape index (κ3) is 4.28. The Balaban J connectivity index is 2.54. The number of carboxylic acids is 1. The molecule has 1 rings (SSSR count). The van der Waals surface area contributed by atoms with E-state index in [4.69, 9.17) is 4.74 Å². The first kappa shape index (κ1) is 14.5. The van der Waals surface area contributed by atoms with Crippen LogP contribution in [0, 0.1) is 17.8 Å². The summed E-state index contributed by atoms with van der Waals surface area (Å²) in [5.41, 5.74) is -0.172. The molecule has 1 aliphatic heterocycles. The van der Waals surface area contributed by atoms with Crippen molar-refractivity contribution in [2.24, 2.45) is 17.8 Å². The van der Waals surface area contributed by atoms with Crippen LogP contribution in [0.3, 0.4) is 0 Å². The molecule has 0 aromatic carbocycles. The SMILES string of the molecule is CC(C)[C@H]1CN(COC(C)(C)C)C[C@@H]1C(=O)O. The molecule has 17 heavy (non-hydrogen) atoms. The molecule has 1 saturated heterocycles. The van der Waals surface area contributed by atoms with E-state index in [9.17, 15) is 9.90 Å². The van der Waals surface area contributed by atoms with E-state index in [2.05, 4.69) is 18.7 Å². The molecule has 0 spiro atoms. The zero-order chi connectivity index (χ0) is 13.2. The minimum absolute atomic E-state index is 0.172. The van der Waals surface area contributed by atoms with Gasteiger partial charge in [0, 0.05) is 13.1 Å². The van der Waals surface area contributed by atoms with Crippen LogP contribution < -0.4 is 0 Å². The molecule has 4 nitrogen and oxygen atoms in total. The third-order valence-electron chi connectivity index (χ3n) is 3.29. The maximum atomic E-state index is 11.2. The monoisotopic (exact) mass is 243 g/mol. The van der Waals surface area contributed by atoms with Crippen molar-refractivity contribution in [2.75, 3.05) is 19.8 Å². The Morgan fingerprint density at radius 2 is 2.00 bits per heavy atom.